The van der Waals surface area contributed by atoms with Crippen molar-refractivity contribution < 1.29 is 0 Å². The zero-order valence-corrected chi connectivity index (χ0v) is 11.5. The van der Waals surface area contributed by atoms with Crippen LogP contribution >= 0.6 is 0 Å². The Morgan fingerprint density at radius 3 is 2.83 bits per heavy atom. The molecule has 1 unspecified atom stereocenters. The number of nitrogens with zero attached hydrogens (tertiary/aromatic N) is 3. The van der Waals surface area contributed by atoms with Crippen molar-refractivity contribution in [2.75, 3.05) is 37.8 Å². The summed E-state index contributed by atoms with van der Waals surface area (Å²) in [5.74, 6) is 1.83. The maximum absolute atomic E-state index is 4.32. The fourth-order valence-corrected chi connectivity index (χ4v) is 2.50. The second-order valence-electron chi connectivity index (χ2n) is 4.96. The molecule has 1 fully saturated rings. The summed E-state index contributed by atoms with van der Waals surface area (Å²) in [6.45, 7) is 4.20. The first-order chi connectivity index (χ1) is 8.72. The van der Waals surface area contributed by atoms with E-state index in [9.17, 15) is 0 Å². The van der Waals surface area contributed by atoms with E-state index < -0.39 is 0 Å². The standard InChI is InChI=1S/C13H23N5/c1-10-12(14-2)16-9-17-13(10)15-8-11-6-4-5-7-18(11)3/h9,11H,4-8H2,1-3H3,(H2,14,15,16,17). The first-order valence-electron chi connectivity index (χ1n) is 6.66. The SMILES string of the molecule is CNc1ncnc(NCC2CCCCN2C)c1C. The van der Waals surface area contributed by atoms with E-state index in [0.717, 1.165) is 23.7 Å². The minimum Gasteiger partial charge on any atom is -0.373 e. The average molecular weight is 249 g/mol. The van der Waals surface area contributed by atoms with E-state index in [1.165, 1.54) is 25.8 Å². The molecule has 0 radical (unpaired) electrons. The van der Waals surface area contributed by atoms with Gasteiger partial charge in [0.25, 0.3) is 0 Å². The molecule has 1 aromatic rings. The third-order valence-corrected chi connectivity index (χ3v) is 3.75. The van der Waals surface area contributed by atoms with Crippen molar-refractivity contribution in [1.82, 2.24) is 14.9 Å². The van der Waals surface area contributed by atoms with Gasteiger partial charge >= 0.3 is 0 Å². The van der Waals surface area contributed by atoms with Crippen molar-refractivity contribution >= 4 is 11.6 Å². The molecule has 1 saturated heterocycles. The lowest BCUT2D eigenvalue weighted by molar-refractivity contribution is 0.194. The van der Waals surface area contributed by atoms with Gasteiger partial charge in [-0.3, -0.25) is 0 Å². The number of aromatic nitrogens is 2. The Bertz CT molecular complexity index is 393. The third-order valence-electron chi connectivity index (χ3n) is 3.75. The summed E-state index contributed by atoms with van der Waals surface area (Å²) in [5, 5.41) is 6.54. The van der Waals surface area contributed by atoms with Crippen molar-refractivity contribution in [2.24, 2.45) is 0 Å². The van der Waals surface area contributed by atoms with Gasteiger partial charge in [-0.25, -0.2) is 9.97 Å². The summed E-state index contributed by atoms with van der Waals surface area (Å²) >= 11 is 0. The Kier molecular flexibility index (Phi) is 4.36. The molecule has 2 N–H and O–H groups in total. The summed E-state index contributed by atoms with van der Waals surface area (Å²) in [5.41, 5.74) is 1.08. The van der Waals surface area contributed by atoms with E-state index in [2.05, 4.69) is 32.5 Å². The Morgan fingerprint density at radius 2 is 2.11 bits per heavy atom. The smallest absolute Gasteiger partial charge is 0.134 e. The minimum absolute atomic E-state index is 0.617. The fourth-order valence-electron chi connectivity index (χ4n) is 2.50. The van der Waals surface area contributed by atoms with Gasteiger partial charge < -0.3 is 15.5 Å². The molecule has 0 aromatic carbocycles. The monoisotopic (exact) mass is 249 g/mol. The molecule has 0 saturated carbocycles. The highest BCUT2D eigenvalue weighted by Gasteiger charge is 2.18. The number of anilines is 2. The number of rotatable bonds is 4. The largest absolute Gasteiger partial charge is 0.373 e. The first-order valence-corrected chi connectivity index (χ1v) is 6.66. The van der Waals surface area contributed by atoms with Crippen LogP contribution in [0.15, 0.2) is 6.33 Å². The minimum atomic E-state index is 0.617. The van der Waals surface area contributed by atoms with E-state index in [-0.39, 0.29) is 0 Å². The van der Waals surface area contributed by atoms with Crippen LogP contribution in [0.1, 0.15) is 24.8 Å². The molecule has 2 rings (SSSR count). The molecule has 100 valence electrons. The second kappa shape index (κ2) is 6.00. The van der Waals surface area contributed by atoms with Gasteiger partial charge in [0, 0.05) is 25.2 Å². The molecule has 0 aliphatic carbocycles. The van der Waals surface area contributed by atoms with Gasteiger partial charge in [-0.15, -0.1) is 0 Å². The molecule has 2 heterocycles. The van der Waals surface area contributed by atoms with Crippen molar-refractivity contribution in [3.63, 3.8) is 0 Å². The van der Waals surface area contributed by atoms with Crippen LogP contribution in [0.3, 0.4) is 0 Å². The van der Waals surface area contributed by atoms with Crippen molar-refractivity contribution in [3.05, 3.63) is 11.9 Å². The number of likely N-dealkylation sites (N-methyl/N-ethyl adjacent to an activating group) is 1. The number of hydrogen-bond acceptors (Lipinski definition) is 5. The molecule has 1 aliphatic rings. The van der Waals surface area contributed by atoms with Crippen LogP contribution in [0.4, 0.5) is 11.6 Å². The van der Waals surface area contributed by atoms with Gasteiger partial charge in [-0.05, 0) is 33.4 Å². The lowest BCUT2D eigenvalue weighted by Crippen LogP contribution is -2.40. The van der Waals surface area contributed by atoms with E-state index in [1.54, 1.807) is 6.33 Å². The first kappa shape index (κ1) is 13.1. The second-order valence-corrected chi connectivity index (χ2v) is 4.96. The van der Waals surface area contributed by atoms with Gasteiger partial charge in [-0.1, -0.05) is 6.42 Å². The number of piperidine rings is 1. The van der Waals surface area contributed by atoms with E-state index >= 15 is 0 Å². The van der Waals surface area contributed by atoms with Crippen LogP contribution in [-0.2, 0) is 0 Å². The van der Waals surface area contributed by atoms with Gasteiger partial charge in [0.15, 0.2) is 0 Å². The van der Waals surface area contributed by atoms with Crippen LogP contribution in [0.5, 0.6) is 0 Å². The normalized spacial score (nSPS) is 20.7. The molecule has 1 atom stereocenters. The Labute approximate surface area is 109 Å². The Hall–Kier alpha value is -1.36. The van der Waals surface area contributed by atoms with Crippen LogP contribution < -0.4 is 10.6 Å². The van der Waals surface area contributed by atoms with Crippen molar-refractivity contribution in [1.29, 1.82) is 0 Å². The highest BCUT2D eigenvalue weighted by molar-refractivity contribution is 5.56. The molecule has 5 nitrogen and oxygen atoms in total. The number of likely N-dealkylation sites (tertiary alicyclic amines) is 1. The number of nitrogens with one attached hydrogen (secondary N) is 2. The number of hydrogen-bond donors (Lipinski definition) is 2. The molecule has 0 spiro atoms. The van der Waals surface area contributed by atoms with Crippen LogP contribution in [-0.4, -0.2) is 48.1 Å². The fraction of sp³-hybridized carbons (Fsp3) is 0.692. The van der Waals surface area contributed by atoms with E-state index in [1.807, 2.05) is 14.0 Å². The maximum Gasteiger partial charge on any atom is 0.134 e. The van der Waals surface area contributed by atoms with Crippen LogP contribution in [0, 0.1) is 6.92 Å². The predicted molar refractivity (Wildman–Crippen MR) is 75.1 cm³/mol. The van der Waals surface area contributed by atoms with Gasteiger partial charge in [0.05, 0.1) is 0 Å². The van der Waals surface area contributed by atoms with Crippen molar-refractivity contribution in [3.8, 4) is 0 Å². The zero-order chi connectivity index (χ0) is 13.0. The molecule has 5 heteroatoms. The summed E-state index contributed by atoms with van der Waals surface area (Å²) in [4.78, 5) is 10.9. The topological polar surface area (TPSA) is 53.1 Å². The molecular formula is C13H23N5. The maximum atomic E-state index is 4.32. The predicted octanol–water partition coefficient (Wildman–Crippen LogP) is 1.72. The highest BCUT2D eigenvalue weighted by atomic mass is 15.2. The summed E-state index contributed by atoms with van der Waals surface area (Å²) in [7, 11) is 4.09. The Balaban J connectivity index is 1.97. The lowest BCUT2D eigenvalue weighted by Gasteiger charge is -2.32. The van der Waals surface area contributed by atoms with E-state index in [4.69, 9.17) is 0 Å². The zero-order valence-electron chi connectivity index (χ0n) is 11.5. The van der Waals surface area contributed by atoms with Gasteiger partial charge in [-0.2, -0.15) is 0 Å². The summed E-state index contributed by atoms with van der Waals surface area (Å²) in [6.07, 6.45) is 5.53. The molecule has 1 aliphatic heterocycles. The molecule has 18 heavy (non-hydrogen) atoms. The summed E-state index contributed by atoms with van der Waals surface area (Å²) in [6, 6.07) is 0.617. The highest BCUT2D eigenvalue weighted by Crippen LogP contribution is 2.19. The van der Waals surface area contributed by atoms with Crippen molar-refractivity contribution in [2.45, 2.75) is 32.2 Å². The molecular weight excluding hydrogens is 226 g/mol. The van der Waals surface area contributed by atoms with Gasteiger partial charge in [0.2, 0.25) is 0 Å². The lowest BCUT2D eigenvalue weighted by atomic mass is 10.0. The van der Waals surface area contributed by atoms with Crippen LogP contribution in [0.25, 0.3) is 0 Å². The molecule has 0 amide bonds. The molecule has 1 aromatic heterocycles. The van der Waals surface area contributed by atoms with E-state index in [0.29, 0.717) is 6.04 Å². The third kappa shape index (κ3) is 2.90. The van der Waals surface area contributed by atoms with Crippen LogP contribution in [0.2, 0.25) is 0 Å². The van der Waals surface area contributed by atoms with Gasteiger partial charge in [0.1, 0.15) is 18.0 Å². The Morgan fingerprint density at radius 1 is 1.33 bits per heavy atom. The quantitative estimate of drug-likeness (QED) is 0.851. The average Bonchev–Trinajstić information content (AvgIpc) is 2.39. The molecule has 0 bridgehead atoms. The summed E-state index contributed by atoms with van der Waals surface area (Å²) < 4.78 is 0.